The Hall–Kier alpha value is -1.52. The fourth-order valence-electron chi connectivity index (χ4n) is 1.92. The Labute approximate surface area is 127 Å². The third-order valence-corrected chi connectivity index (χ3v) is 3.41. The van der Waals surface area contributed by atoms with Crippen LogP contribution in [0.15, 0.2) is 62.9 Å². The molecule has 0 aliphatic rings. The van der Waals surface area contributed by atoms with Crippen molar-refractivity contribution < 1.29 is 19.3 Å². The van der Waals surface area contributed by atoms with Crippen LogP contribution in [-0.4, -0.2) is 33.2 Å². The van der Waals surface area contributed by atoms with Crippen molar-refractivity contribution in [3.8, 4) is 0 Å². The summed E-state index contributed by atoms with van der Waals surface area (Å²) in [5, 5.41) is 20.0. The van der Waals surface area contributed by atoms with E-state index in [1.807, 2.05) is 0 Å². The van der Waals surface area contributed by atoms with Gasteiger partial charge in [-0.05, 0) is 12.2 Å². The monoisotopic (exact) mass is 311 g/mol. The topological polar surface area (TPSA) is 70.0 Å². The fraction of sp³-hybridized carbons (Fsp3) is 0.333. The summed E-state index contributed by atoms with van der Waals surface area (Å²) in [5.74, 6) is 0. The Morgan fingerprint density at radius 2 is 1.57 bits per heavy atom. The molecule has 5 nitrogen and oxygen atoms in total. The zero-order valence-electron chi connectivity index (χ0n) is 12.0. The fourth-order valence-corrected chi connectivity index (χ4v) is 2.32. The largest absolute Gasteiger partial charge is 0.370 e. The smallest absolute Gasteiger partial charge is 0.328 e. The quantitative estimate of drug-likeness (QED) is 0.329. The van der Waals surface area contributed by atoms with E-state index >= 15 is 0 Å². The van der Waals surface area contributed by atoms with E-state index < -0.39 is 26.7 Å². The molecule has 0 amide bonds. The van der Waals surface area contributed by atoms with Crippen LogP contribution in [0.5, 0.6) is 0 Å². The molecule has 0 saturated carbocycles. The minimum Gasteiger partial charge on any atom is -0.370 e. The van der Waals surface area contributed by atoms with Gasteiger partial charge in [-0.1, -0.05) is 31.9 Å². The molecule has 0 spiro atoms. The van der Waals surface area contributed by atoms with E-state index in [0.717, 1.165) is 4.90 Å². The van der Waals surface area contributed by atoms with Gasteiger partial charge in [0.1, 0.15) is 18.1 Å². The number of rotatable bonds is 12. The molecule has 116 valence electrons. The Morgan fingerprint density at radius 3 is 1.86 bits per heavy atom. The summed E-state index contributed by atoms with van der Waals surface area (Å²) in [6.45, 7) is 18.1. The molecule has 0 aromatic rings. The molecule has 0 aliphatic heterocycles. The summed E-state index contributed by atoms with van der Waals surface area (Å²) in [6.07, 6.45) is 3.67. The Kier molecular flexibility index (Phi) is 8.74. The van der Waals surface area contributed by atoms with Crippen LogP contribution in [0.25, 0.3) is 0 Å². The van der Waals surface area contributed by atoms with Crippen LogP contribution in [0, 0.1) is 0 Å². The summed E-state index contributed by atoms with van der Waals surface area (Å²) in [5.41, 5.74) is -0.939. The van der Waals surface area contributed by atoms with Crippen LogP contribution in [0.1, 0.15) is 12.8 Å². The molecular formula is C15H22NO4P. The van der Waals surface area contributed by atoms with Gasteiger partial charge < -0.3 is 15.1 Å². The van der Waals surface area contributed by atoms with Crippen LogP contribution >= 0.6 is 8.69 Å². The van der Waals surface area contributed by atoms with Gasteiger partial charge in [0.25, 0.3) is 0 Å². The molecule has 6 heteroatoms. The highest BCUT2D eigenvalue weighted by Gasteiger charge is 2.39. The van der Waals surface area contributed by atoms with Crippen molar-refractivity contribution in [1.82, 2.24) is 4.90 Å². The van der Waals surface area contributed by atoms with Crippen molar-refractivity contribution >= 4 is 8.69 Å². The normalized spacial score (nSPS) is 14.0. The average molecular weight is 311 g/mol. The van der Waals surface area contributed by atoms with Gasteiger partial charge in [0.2, 0.25) is 0 Å². The van der Waals surface area contributed by atoms with Crippen molar-refractivity contribution in [3.05, 3.63) is 62.9 Å². The van der Waals surface area contributed by atoms with E-state index in [2.05, 4.69) is 32.9 Å². The van der Waals surface area contributed by atoms with E-state index in [0.29, 0.717) is 0 Å². The first kappa shape index (κ1) is 19.5. The van der Waals surface area contributed by atoms with Gasteiger partial charge in [-0.2, -0.15) is 0 Å². The lowest BCUT2D eigenvalue weighted by molar-refractivity contribution is -0.0575. The van der Waals surface area contributed by atoms with Crippen LogP contribution in [-0.2, 0) is 9.09 Å². The predicted octanol–water partition coefficient (Wildman–Crippen LogP) is 2.93. The van der Waals surface area contributed by atoms with Crippen LogP contribution in [0.3, 0.4) is 0 Å². The minimum absolute atomic E-state index is 0.213. The molecule has 0 radical (unpaired) electrons. The summed E-state index contributed by atoms with van der Waals surface area (Å²) in [6, 6.07) is 0. The first-order valence-corrected chi connectivity index (χ1v) is 6.98. The Balaban J connectivity index is 5.80. The third kappa shape index (κ3) is 4.76. The van der Waals surface area contributed by atoms with Crippen molar-refractivity contribution in [3.63, 3.8) is 0 Å². The summed E-state index contributed by atoms with van der Waals surface area (Å²) >= 11 is 0. The highest BCUT2D eigenvalue weighted by molar-refractivity contribution is 7.17. The molecule has 2 N–H and O–H groups in total. The number of hydrogen-bond donors (Lipinski definition) is 2. The second-order valence-corrected chi connectivity index (χ2v) is 4.63. The van der Waals surface area contributed by atoms with E-state index in [4.69, 9.17) is 4.52 Å². The Morgan fingerprint density at radius 1 is 1.14 bits per heavy atom. The molecular weight excluding hydrogens is 289 g/mol. The molecule has 21 heavy (non-hydrogen) atoms. The van der Waals surface area contributed by atoms with Gasteiger partial charge in [-0.3, -0.25) is 4.52 Å². The summed E-state index contributed by atoms with van der Waals surface area (Å²) in [4.78, 5) is 1.16. The van der Waals surface area contributed by atoms with Crippen molar-refractivity contribution in [2.45, 2.75) is 30.9 Å². The Bertz CT molecular complexity index is 381. The number of hydrogen-bond acceptors (Lipinski definition) is 5. The summed E-state index contributed by atoms with van der Waals surface area (Å²) < 4.78 is 16.2. The lowest BCUT2D eigenvalue weighted by Gasteiger charge is -2.41. The maximum atomic E-state index is 11.0. The standard InChI is InChI=1S/C15H22NO4P/c1-6-10-15(11-7-2,20-21-19)12(5)16(13(17)8-3)14(18)9-4/h6-9,13-14,17-18H,1-5,10-11H2. The summed E-state index contributed by atoms with van der Waals surface area (Å²) in [7, 11) is -0.560. The van der Waals surface area contributed by atoms with Crippen molar-refractivity contribution in [1.29, 1.82) is 0 Å². The van der Waals surface area contributed by atoms with Gasteiger partial charge in [-0.15, -0.1) is 13.2 Å². The molecule has 0 aromatic carbocycles. The average Bonchev–Trinajstić information content (AvgIpc) is 2.47. The zero-order chi connectivity index (χ0) is 16.5. The van der Waals surface area contributed by atoms with Gasteiger partial charge in [0.15, 0.2) is 0 Å². The van der Waals surface area contributed by atoms with Crippen LogP contribution < -0.4 is 0 Å². The molecule has 0 aliphatic carbocycles. The third-order valence-electron chi connectivity index (χ3n) is 2.99. The molecule has 0 bridgehead atoms. The van der Waals surface area contributed by atoms with Crippen LogP contribution in [0.4, 0.5) is 0 Å². The van der Waals surface area contributed by atoms with E-state index in [1.165, 1.54) is 12.2 Å². The number of aliphatic hydroxyl groups is 2. The highest BCUT2D eigenvalue weighted by atomic mass is 31.1. The molecule has 0 heterocycles. The molecule has 0 aromatic heterocycles. The van der Waals surface area contributed by atoms with Gasteiger partial charge >= 0.3 is 8.69 Å². The molecule has 2 atom stereocenters. The molecule has 0 fully saturated rings. The van der Waals surface area contributed by atoms with Gasteiger partial charge in [0.05, 0.1) is 0 Å². The second-order valence-electron chi connectivity index (χ2n) is 4.30. The molecule has 2 unspecified atom stereocenters. The lowest BCUT2D eigenvalue weighted by Crippen LogP contribution is -2.48. The lowest BCUT2D eigenvalue weighted by atomic mass is 9.91. The number of nitrogens with zero attached hydrogens (tertiary/aromatic N) is 1. The van der Waals surface area contributed by atoms with E-state index in [9.17, 15) is 14.8 Å². The zero-order valence-corrected chi connectivity index (χ0v) is 12.9. The molecule has 0 saturated heterocycles. The maximum absolute atomic E-state index is 11.0. The van der Waals surface area contributed by atoms with Gasteiger partial charge in [0, 0.05) is 18.5 Å². The maximum Gasteiger partial charge on any atom is 0.328 e. The van der Waals surface area contributed by atoms with Gasteiger partial charge in [-0.25, -0.2) is 4.57 Å². The number of aliphatic hydroxyl groups excluding tert-OH is 2. The van der Waals surface area contributed by atoms with Crippen molar-refractivity contribution in [2.75, 3.05) is 0 Å². The van der Waals surface area contributed by atoms with E-state index in [-0.39, 0.29) is 18.5 Å². The first-order chi connectivity index (χ1) is 9.93. The van der Waals surface area contributed by atoms with E-state index in [1.54, 1.807) is 12.2 Å². The molecule has 0 rings (SSSR count). The first-order valence-electron chi connectivity index (χ1n) is 6.25. The highest BCUT2D eigenvalue weighted by Crippen LogP contribution is 2.36. The SMILES string of the molecule is C=CCC(CC=C)(OP=O)C(=C)N(C(O)C=C)C(O)C=C. The predicted molar refractivity (Wildman–Crippen MR) is 84.4 cm³/mol. The van der Waals surface area contributed by atoms with Crippen molar-refractivity contribution in [2.24, 2.45) is 0 Å². The van der Waals surface area contributed by atoms with Crippen LogP contribution in [0.2, 0.25) is 0 Å². The second kappa shape index (κ2) is 9.42. The minimum atomic E-state index is -1.22.